The summed E-state index contributed by atoms with van der Waals surface area (Å²) in [5, 5.41) is 14.1. The highest BCUT2D eigenvalue weighted by Crippen LogP contribution is 2.34. The topological polar surface area (TPSA) is 62.5 Å². The molecule has 0 atom stereocenters. The molecule has 5 heteroatoms. The third-order valence-electron chi connectivity index (χ3n) is 3.59. The van der Waals surface area contributed by atoms with Crippen LogP contribution in [0.2, 0.25) is 0 Å². The maximum Gasteiger partial charge on any atom is 0.336 e. The van der Waals surface area contributed by atoms with Gasteiger partial charge < -0.3 is 14.8 Å². The van der Waals surface area contributed by atoms with Crippen LogP contribution >= 0.6 is 12.6 Å². The van der Waals surface area contributed by atoms with Gasteiger partial charge in [0.2, 0.25) is 0 Å². The number of hydrogen-bond acceptors (Lipinski definition) is 5. The number of phenolic OH excluding ortho intramolecular Hbond substituents is 1. The molecule has 0 aliphatic carbocycles. The van der Waals surface area contributed by atoms with Crippen LogP contribution in [-0.2, 0) is 0 Å². The lowest BCUT2D eigenvalue weighted by atomic mass is 10.0. The number of para-hydroxylation sites is 1. The molecule has 2 N–H and O–H groups in total. The molecule has 23 heavy (non-hydrogen) atoms. The Bertz CT molecular complexity index is 976. The molecule has 0 saturated carbocycles. The molecule has 0 fully saturated rings. The Morgan fingerprint density at radius 3 is 2.74 bits per heavy atom. The fourth-order valence-electron chi connectivity index (χ4n) is 2.47. The van der Waals surface area contributed by atoms with Gasteiger partial charge in [0, 0.05) is 22.0 Å². The van der Waals surface area contributed by atoms with Crippen molar-refractivity contribution in [3.63, 3.8) is 0 Å². The molecular formula is C18H15NO3S. The Morgan fingerprint density at radius 1 is 1.26 bits per heavy atom. The summed E-state index contributed by atoms with van der Waals surface area (Å²) in [5.41, 5.74) is 2.14. The van der Waals surface area contributed by atoms with Crippen molar-refractivity contribution in [2.45, 2.75) is 11.8 Å². The second-order valence-corrected chi connectivity index (χ2v) is 5.69. The molecule has 116 valence electrons. The van der Waals surface area contributed by atoms with Crippen LogP contribution in [0.1, 0.15) is 11.1 Å². The molecule has 0 aliphatic rings. The number of hydrogen-bond donors (Lipinski definition) is 3. The quantitative estimate of drug-likeness (QED) is 0.499. The number of benzene rings is 2. The number of phenols is 1. The van der Waals surface area contributed by atoms with Crippen molar-refractivity contribution in [1.29, 1.82) is 0 Å². The number of anilines is 1. The SMILES string of the molecule is C=C(Nc1ccccc1S)c1c(O)ccc2c(C)cc(=O)oc12. The van der Waals surface area contributed by atoms with E-state index in [1.807, 2.05) is 31.2 Å². The lowest BCUT2D eigenvalue weighted by Crippen LogP contribution is -2.03. The number of fused-ring (bicyclic) bond motifs is 1. The molecule has 0 unspecified atom stereocenters. The van der Waals surface area contributed by atoms with Gasteiger partial charge in [0.1, 0.15) is 5.75 Å². The van der Waals surface area contributed by atoms with Gasteiger partial charge in [-0.2, -0.15) is 0 Å². The lowest BCUT2D eigenvalue weighted by Gasteiger charge is -2.14. The molecule has 0 amide bonds. The van der Waals surface area contributed by atoms with Crippen molar-refractivity contribution >= 4 is 35.0 Å². The monoisotopic (exact) mass is 325 g/mol. The summed E-state index contributed by atoms with van der Waals surface area (Å²) in [6, 6.07) is 12.1. The predicted molar refractivity (Wildman–Crippen MR) is 95.2 cm³/mol. The summed E-state index contributed by atoms with van der Waals surface area (Å²) in [5.74, 6) is -0.0135. The summed E-state index contributed by atoms with van der Waals surface area (Å²) in [7, 11) is 0. The smallest absolute Gasteiger partial charge is 0.336 e. The van der Waals surface area contributed by atoms with Crippen LogP contribution in [0.3, 0.4) is 0 Å². The maximum absolute atomic E-state index is 11.7. The van der Waals surface area contributed by atoms with Gasteiger partial charge in [-0.05, 0) is 36.8 Å². The van der Waals surface area contributed by atoms with E-state index in [0.29, 0.717) is 16.8 Å². The average molecular weight is 325 g/mol. The van der Waals surface area contributed by atoms with Crippen LogP contribution in [0.25, 0.3) is 16.7 Å². The molecule has 3 rings (SSSR count). The molecule has 0 aliphatic heterocycles. The van der Waals surface area contributed by atoms with Crippen molar-refractivity contribution in [1.82, 2.24) is 0 Å². The molecule has 0 spiro atoms. The Balaban J connectivity index is 2.15. The Hall–Kier alpha value is -2.66. The Morgan fingerprint density at radius 2 is 2.00 bits per heavy atom. The van der Waals surface area contributed by atoms with Gasteiger partial charge in [0.15, 0.2) is 5.58 Å². The largest absolute Gasteiger partial charge is 0.507 e. The first-order valence-corrected chi connectivity index (χ1v) is 7.43. The van der Waals surface area contributed by atoms with E-state index >= 15 is 0 Å². The molecule has 0 saturated heterocycles. The average Bonchev–Trinajstić information content (AvgIpc) is 2.48. The fraction of sp³-hybridized carbons (Fsp3) is 0.0556. The number of aryl methyl sites for hydroxylation is 1. The number of rotatable bonds is 3. The fourth-order valence-corrected chi connectivity index (χ4v) is 2.69. The summed E-state index contributed by atoms with van der Waals surface area (Å²) < 4.78 is 5.31. The standard InChI is InChI=1S/C18H15NO3S/c1-10-9-16(21)22-18-12(10)7-8-14(20)17(18)11(2)19-13-5-3-4-6-15(13)23/h3-9,19-20,23H,2H2,1H3. The van der Waals surface area contributed by atoms with Gasteiger partial charge in [-0.3, -0.25) is 0 Å². The van der Waals surface area contributed by atoms with E-state index in [-0.39, 0.29) is 5.75 Å². The summed E-state index contributed by atoms with van der Waals surface area (Å²) in [6.45, 7) is 5.78. The van der Waals surface area contributed by atoms with Gasteiger partial charge in [-0.15, -0.1) is 12.6 Å². The first kappa shape index (κ1) is 15.2. The van der Waals surface area contributed by atoms with Crippen LogP contribution in [0.4, 0.5) is 5.69 Å². The maximum atomic E-state index is 11.7. The molecule has 0 radical (unpaired) electrons. The molecule has 3 aromatic rings. The van der Waals surface area contributed by atoms with Gasteiger partial charge in [-0.25, -0.2) is 4.79 Å². The first-order valence-electron chi connectivity index (χ1n) is 6.98. The number of aromatic hydroxyl groups is 1. The molecule has 4 nitrogen and oxygen atoms in total. The lowest BCUT2D eigenvalue weighted by molar-refractivity contribution is 0.471. The van der Waals surface area contributed by atoms with E-state index in [4.69, 9.17) is 4.42 Å². The van der Waals surface area contributed by atoms with Crippen LogP contribution in [-0.4, -0.2) is 5.11 Å². The minimum atomic E-state index is -0.468. The first-order chi connectivity index (χ1) is 11.0. The van der Waals surface area contributed by atoms with Gasteiger partial charge in [0.25, 0.3) is 0 Å². The van der Waals surface area contributed by atoms with Crippen molar-refractivity contribution in [2.24, 2.45) is 0 Å². The number of thiol groups is 1. The minimum Gasteiger partial charge on any atom is -0.507 e. The summed E-state index contributed by atoms with van der Waals surface area (Å²) in [6.07, 6.45) is 0. The third kappa shape index (κ3) is 2.83. The van der Waals surface area contributed by atoms with E-state index in [2.05, 4.69) is 24.5 Å². The van der Waals surface area contributed by atoms with Crippen molar-refractivity contribution in [2.75, 3.05) is 5.32 Å². The van der Waals surface area contributed by atoms with Crippen LogP contribution in [0.15, 0.2) is 63.2 Å². The van der Waals surface area contributed by atoms with Crippen LogP contribution in [0.5, 0.6) is 5.75 Å². The highest BCUT2D eigenvalue weighted by Gasteiger charge is 2.15. The zero-order valence-electron chi connectivity index (χ0n) is 12.5. The van der Waals surface area contributed by atoms with Gasteiger partial charge in [0.05, 0.1) is 11.3 Å². The van der Waals surface area contributed by atoms with E-state index < -0.39 is 5.63 Å². The van der Waals surface area contributed by atoms with E-state index in [1.54, 1.807) is 12.1 Å². The summed E-state index contributed by atoms with van der Waals surface area (Å²) >= 11 is 4.38. The molecule has 1 aromatic heterocycles. The van der Waals surface area contributed by atoms with E-state index in [0.717, 1.165) is 21.5 Å². The zero-order valence-corrected chi connectivity index (χ0v) is 13.4. The molecule has 0 bridgehead atoms. The highest BCUT2D eigenvalue weighted by molar-refractivity contribution is 7.80. The second-order valence-electron chi connectivity index (χ2n) is 5.21. The van der Waals surface area contributed by atoms with E-state index in [9.17, 15) is 9.90 Å². The van der Waals surface area contributed by atoms with Crippen molar-refractivity contribution in [3.8, 4) is 5.75 Å². The third-order valence-corrected chi connectivity index (χ3v) is 3.98. The second kappa shape index (κ2) is 5.85. The van der Waals surface area contributed by atoms with Crippen LogP contribution < -0.4 is 10.9 Å². The van der Waals surface area contributed by atoms with E-state index in [1.165, 1.54) is 6.07 Å². The molecular weight excluding hydrogens is 310 g/mol. The molecule has 1 heterocycles. The summed E-state index contributed by atoms with van der Waals surface area (Å²) in [4.78, 5) is 12.4. The zero-order chi connectivity index (χ0) is 16.6. The van der Waals surface area contributed by atoms with Crippen molar-refractivity contribution in [3.05, 3.63) is 70.6 Å². The van der Waals surface area contributed by atoms with Crippen molar-refractivity contribution < 1.29 is 9.52 Å². The highest BCUT2D eigenvalue weighted by atomic mass is 32.1. The van der Waals surface area contributed by atoms with Gasteiger partial charge in [-0.1, -0.05) is 18.7 Å². The molecule has 2 aromatic carbocycles. The van der Waals surface area contributed by atoms with Gasteiger partial charge >= 0.3 is 5.63 Å². The Labute approximate surface area is 138 Å². The normalized spacial score (nSPS) is 10.7. The van der Waals surface area contributed by atoms with Crippen LogP contribution in [0, 0.1) is 6.92 Å². The number of nitrogens with one attached hydrogen (secondary N) is 1. The Kier molecular flexibility index (Phi) is 3.88. The minimum absolute atomic E-state index is 0.0135. The predicted octanol–water partition coefficient (Wildman–Crippen LogP) is 4.18.